The van der Waals surface area contributed by atoms with E-state index in [2.05, 4.69) is 5.10 Å². The monoisotopic (exact) mass is 274 g/mol. The summed E-state index contributed by atoms with van der Waals surface area (Å²) in [7, 11) is 1.51. The molecule has 4 nitrogen and oxygen atoms in total. The highest BCUT2D eigenvalue weighted by Crippen LogP contribution is 2.11. The third-order valence-corrected chi connectivity index (χ3v) is 2.96. The topological polar surface area (TPSA) is 52.0 Å². The smallest absolute Gasteiger partial charge is 0.285 e. The summed E-state index contributed by atoms with van der Waals surface area (Å²) in [6.45, 7) is 0. The first kappa shape index (κ1) is 13.2. The maximum atomic E-state index is 11.8. The van der Waals surface area contributed by atoms with Gasteiger partial charge in [-0.2, -0.15) is 5.10 Å². The maximum Gasteiger partial charge on any atom is 0.285 e. The lowest BCUT2D eigenvalue weighted by Crippen LogP contribution is -2.20. The lowest BCUT2D eigenvalue weighted by Gasteiger charge is -2.00. The molecule has 1 aromatic heterocycles. The van der Waals surface area contributed by atoms with E-state index in [4.69, 9.17) is 11.6 Å². The number of hydrogen-bond donors (Lipinski definition) is 0. The zero-order chi connectivity index (χ0) is 13.8. The molecule has 0 radical (unpaired) electrons. The Bertz CT molecular complexity index is 690. The van der Waals surface area contributed by atoms with Crippen molar-refractivity contribution in [2.24, 2.45) is 7.05 Å². The lowest BCUT2D eigenvalue weighted by molar-refractivity contribution is 0.104. The summed E-state index contributed by atoms with van der Waals surface area (Å²) >= 11 is 5.89. The highest BCUT2D eigenvalue weighted by atomic mass is 35.5. The van der Waals surface area contributed by atoms with Gasteiger partial charge in [-0.3, -0.25) is 9.59 Å². The van der Waals surface area contributed by atoms with Crippen molar-refractivity contribution in [1.29, 1.82) is 0 Å². The van der Waals surface area contributed by atoms with Crippen molar-refractivity contribution in [3.05, 3.63) is 69.1 Å². The molecule has 5 heteroatoms. The Labute approximate surface area is 115 Å². The molecule has 0 N–H and O–H groups in total. The summed E-state index contributed by atoms with van der Waals surface area (Å²) < 4.78 is 1.14. The van der Waals surface area contributed by atoms with Crippen LogP contribution in [0.5, 0.6) is 0 Å². The molecule has 0 atom stereocenters. The van der Waals surface area contributed by atoms with Crippen LogP contribution in [0.3, 0.4) is 0 Å². The number of carbonyl (C=O) groups is 1. The molecule has 2 rings (SSSR count). The van der Waals surface area contributed by atoms with Crippen molar-refractivity contribution < 1.29 is 4.79 Å². The number of allylic oxidation sites excluding steroid dienone is 1. The minimum atomic E-state index is -0.393. The van der Waals surface area contributed by atoms with E-state index in [0.29, 0.717) is 11.1 Å². The van der Waals surface area contributed by atoms with E-state index >= 15 is 0 Å². The Morgan fingerprint density at radius 2 is 2.00 bits per heavy atom. The summed E-state index contributed by atoms with van der Waals surface area (Å²) in [6, 6.07) is 8.84. The van der Waals surface area contributed by atoms with Crippen LogP contribution in [0.1, 0.15) is 15.9 Å². The number of halogens is 1. The molecule has 0 bridgehead atoms. The number of carbonyl (C=O) groups excluding carboxylic acids is 1. The highest BCUT2D eigenvalue weighted by Gasteiger charge is 2.05. The Hall–Kier alpha value is -2.20. The standard InChI is InChI=1S/C14H11ClN2O2/c1-17-14(19)13(15)11(9-16-17)7-8-12(18)10-5-3-2-4-6-10/h2-9H,1H3/b8-7+. The largest absolute Gasteiger partial charge is 0.289 e. The van der Waals surface area contributed by atoms with E-state index in [1.165, 1.54) is 25.4 Å². The quantitative estimate of drug-likeness (QED) is 0.638. The first-order valence-corrected chi connectivity index (χ1v) is 5.96. The van der Waals surface area contributed by atoms with Gasteiger partial charge in [-0.1, -0.05) is 41.9 Å². The molecule has 0 amide bonds. The van der Waals surface area contributed by atoms with Crippen LogP contribution < -0.4 is 5.56 Å². The van der Waals surface area contributed by atoms with Crippen molar-refractivity contribution in [2.45, 2.75) is 0 Å². The number of aryl methyl sites for hydroxylation is 1. The van der Waals surface area contributed by atoms with Crippen LogP contribution in [0.2, 0.25) is 5.02 Å². The summed E-state index contributed by atoms with van der Waals surface area (Å²) in [4.78, 5) is 23.4. The van der Waals surface area contributed by atoms with Gasteiger partial charge >= 0.3 is 0 Å². The van der Waals surface area contributed by atoms with Crippen molar-refractivity contribution in [1.82, 2.24) is 9.78 Å². The molecular weight excluding hydrogens is 264 g/mol. The fourth-order valence-electron chi connectivity index (χ4n) is 1.50. The van der Waals surface area contributed by atoms with E-state index in [-0.39, 0.29) is 10.8 Å². The summed E-state index contributed by atoms with van der Waals surface area (Å²) in [5.74, 6) is -0.155. The molecule has 2 aromatic rings. The fraction of sp³-hybridized carbons (Fsp3) is 0.0714. The second-order valence-electron chi connectivity index (χ2n) is 3.91. The number of benzene rings is 1. The molecule has 1 heterocycles. The fourth-order valence-corrected chi connectivity index (χ4v) is 1.74. The molecule has 0 aliphatic carbocycles. The second-order valence-corrected chi connectivity index (χ2v) is 4.28. The van der Waals surface area contributed by atoms with Crippen molar-refractivity contribution in [3.63, 3.8) is 0 Å². The Morgan fingerprint density at radius 3 is 2.68 bits per heavy atom. The molecule has 0 unspecified atom stereocenters. The number of nitrogens with zero attached hydrogens (tertiary/aromatic N) is 2. The number of aromatic nitrogens is 2. The first-order chi connectivity index (χ1) is 9.09. The molecule has 0 spiro atoms. The zero-order valence-corrected chi connectivity index (χ0v) is 11.0. The summed E-state index contributed by atoms with van der Waals surface area (Å²) in [6.07, 6.45) is 4.31. The second kappa shape index (κ2) is 5.63. The van der Waals surface area contributed by atoms with Crippen molar-refractivity contribution >= 4 is 23.5 Å². The molecule has 0 saturated carbocycles. The average molecular weight is 275 g/mol. The average Bonchev–Trinajstić information content (AvgIpc) is 2.45. The van der Waals surface area contributed by atoms with Gasteiger partial charge in [0.2, 0.25) is 0 Å². The molecule has 96 valence electrons. The van der Waals surface area contributed by atoms with Crippen LogP contribution >= 0.6 is 11.6 Å². The molecular formula is C14H11ClN2O2. The van der Waals surface area contributed by atoms with Crippen LogP contribution in [0.25, 0.3) is 6.08 Å². The van der Waals surface area contributed by atoms with Crippen LogP contribution in [-0.2, 0) is 7.05 Å². The maximum absolute atomic E-state index is 11.8. The van der Waals surface area contributed by atoms with Crippen molar-refractivity contribution in [3.8, 4) is 0 Å². The summed E-state index contributed by atoms with van der Waals surface area (Å²) in [5.41, 5.74) is 0.608. The number of hydrogen-bond acceptors (Lipinski definition) is 3. The molecule has 19 heavy (non-hydrogen) atoms. The Balaban J connectivity index is 2.27. The van der Waals surface area contributed by atoms with E-state index in [1.54, 1.807) is 24.3 Å². The van der Waals surface area contributed by atoms with Gasteiger partial charge in [0.25, 0.3) is 5.56 Å². The van der Waals surface area contributed by atoms with Gasteiger partial charge in [0.1, 0.15) is 5.02 Å². The van der Waals surface area contributed by atoms with Crippen molar-refractivity contribution in [2.75, 3.05) is 0 Å². The van der Waals surface area contributed by atoms with Gasteiger partial charge in [0.15, 0.2) is 5.78 Å². The number of rotatable bonds is 3. The zero-order valence-electron chi connectivity index (χ0n) is 10.2. The third kappa shape index (κ3) is 2.98. The van der Waals surface area contributed by atoms with Gasteiger partial charge in [-0.15, -0.1) is 0 Å². The van der Waals surface area contributed by atoms with Crippen LogP contribution in [0.4, 0.5) is 0 Å². The molecule has 1 aromatic carbocycles. The van der Waals surface area contributed by atoms with Gasteiger partial charge in [0, 0.05) is 18.2 Å². The molecule has 0 aliphatic heterocycles. The highest BCUT2D eigenvalue weighted by molar-refractivity contribution is 6.31. The summed E-state index contributed by atoms with van der Waals surface area (Å²) in [5, 5.41) is 3.90. The van der Waals surface area contributed by atoms with E-state index in [0.717, 1.165) is 4.68 Å². The van der Waals surface area contributed by atoms with E-state index in [1.807, 2.05) is 6.07 Å². The Kier molecular flexibility index (Phi) is 3.92. The van der Waals surface area contributed by atoms with Crippen LogP contribution in [-0.4, -0.2) is 15.6 Å². The molecule has 0 saturated heterocycles. The minimum Gasteiger partial charge on any atom is -0.289 e. The molecule has 0 fully saturated rings. The number of ketones is 1. The lowest BCUT2D eigenvalue weighted by atomic mass is 10.1. The van der Waals surface area contributed by atoms with Crippen LogP contribution in [0, 0.1) is 0 Å². The SMILES string of the molecule is Cn1ncc(/C=C/C(=O)c2ccccc2)c(Cl)c1=O. The predicted molar refractivity (Wildman–Crippen MR) is 74.3 cm³/mol. The van der Waals surface area contributed by atoms with Gasteiger partial charge in [-0.05, 0) is 12.2 Å². The van der Waals surface area contributed by atoms with E-state index in [9.17, 15) is 9.59 Å². The van der Waals surface area contributed by atoms with Gasteiger partial charge < -0.3 is 0 Å². The normalized spacial score (nSPS) is 10.8. The van der Waals surface area contributed by atoms with Gasteiger partial charge in [-0.25, -0.2) is 4.68 Å². The predicted octanol–water partition coefficient (Wildman–Crippen LogP) is 2.33. The van der Waals surface area contributed by atoms with E-state index < -0.39 is 5.56 Å². The minimum absolute atomic E-state index is 0.0506. The third-order valence-electron chi connectivity index (χ3n) is 2.58. The Morgan fingerprint density at radius 1 is 1.32 bits per heavy atom. The van der Waals surface area contributed by atoms with Crippen LogP contribution in [0.15, 0.2) is 47.4 Å². The first-order valence-electron chi connectivity index (χ1n) is 5.59. The van der Waals surface area contributed by atoms with Gasteiger partial charge in [0.05, 0.1) is 6.20 Å². The molecule has 0 aliphatic rings.